The minimum atomic E-state index is -0.620. The van der Waals surface area contributed by atoms with Crippen LogP contribution in [0.15, 0.2) is 17.0 Å². The van der Waals surface area contributed by atoms with Gasteiger partial charge in [0.25, 0.3) is 11.1 Å². The van der Waals surface area contributed by atoms with Crippen LogP contribution in [0.3, 0.4) is 0 Å². The molecule has 1 aliphatic heterocycles. The smallest absolute Gasteiger partial charge is 0.326 e. The predicted octanol–water partition coefficient (Wildman–Crippen LogP) is 3.00. The summed E-state index contributed by atoms with van der Waals surface area (Å²) in [7, 11) is 0. The van der Waals surface area contributed by atoms with Gasteiger partial charge in [0.15, 0.2) is 0 Å². The van der Waals surface area contributed by atoms with Gasteiger partial charge < -0.3 is 9.84 Å². The fourth-order valence-electron chi connectivity index (χ4n) is 2.29. The van der Waals surface area contributed by atoms with Crippen molar-refractivity contribution in [2.45, 2.75) is 33.8 Å². The largest absolute Gasteiger partial charge is 0.507 e. The number of esters is 1. The molecule has 2 amide bonds. The van der Waals surface area contributed by atoms with Crippen molar-refractivity contribution in [1.82, 2.24) is 4.90 Å². The molecule has 0 bridgehead atoms. The summed E-state index contributed by atoms with van der Waals surface area (Å²) in [6, 6.07) is 3.45. The second-order valence-corrected chi connectivity index (χ2v) is 6.80. The lowest BCUT2D eigenvalue weighted by Gasteiger charge is -2.13. The Bertz CT molecular complexity index is 715. The summed E-state index contributed by atoms with van der Waals surface area (Å²) in [4.78, 5) is 37.1. The number of phenolic OH excluding ortho intramolecular Hbond substituents is 1. The number of hydrogen-bond acceptors (Lipinski definition) is 6. The maximum Gasteiger partial charge on any atom is 0.326 e. The van der Waals surface area contributed by atoms with Gasteiger partial charge in [-0.1, -0.05) is 0 Å². The number of phenols is 1. The van der Waals surface area contributed by atoms with Crippen molar-refractivity contribution in [3.63, 3.8) is 0 Å². The van der Waals surface area contributed by atoms with Crippen LogP contribution in [-0.2, 0) is 14.3 Å². The minimum absolute atomic E-state index is 0.205. The number of amides is 2. The molecule has 24 heavy (non-hydrogen) atoms. The van der Waals surface area contributed by atoms with Gasteiger partial charge >= 0.3 is 5.97 Å². The molecule has 1 N–H and O–H groups in total. The molecule has 0 radical (unpaired) electrons. The molecule has 1 fully saturated rings. The molecule has 2 rings (SSSR count). The number of aromatic hydroxyl groups is 1. The first kappa shape index (κ1) is 18.1. The number of nitrogens with zero attached hydrogens (tertiary/aromatic N) is 1. The monoisotopic (exact) mass is 349 g/mol. The van der Waals surface area contributed by atoms with E-state index in [0.717, 1.165) is 16.7 Å². The highest BCUT2D eigenvalue weighted by molar-refractivity contribution is 8.18. The Balaban J connectivity index is 2.20. The van der Waals surface area contributed by atoms with Crippen LogP contribution in [0.25, 0.3) is 6.08 Å². The van der Waals surface area contributed by atoms with Crippen molar-refractivity contribution in [3.05, 3.63) is 33.7 Å². The van der Waals surface area contributed by atoms with Gasteiger partial charge in [-0.3, -0.25) is 19.3 Å². The summed E-state index contributed by atoms with van der Waals surface area (Å²) in [6.07, 6.45) is 1.27. The average molecular weight is 349 g/mol. The number of aryl methyl sites for hydroxylation is 2. The Morgan fingerprint density at radius 3 is 2.42 bits per heavy atom. The molecular weight excluding hydrogens is 330 g/mol. The highest BCUT2D eigenvalue weighted by atomic mass is 32.2. The third kappa shape index (κ3) is 3.97. The lowest BCUT2D eigenvalue weighted by Crippen LogP contribution is -2.35. The van der Waals surface area contributed by atoms with Crippen molar-refractivity contribution in [2.24, 2.45) is 0 Å². The third-order valence-corrected chi connectivity index (χ3v) is 4.25. The molecule has 128 valence electrons. The van der Waals surface area contributed by atoms with Crippen molar-refractivity contribution in [1.29, 1.82) is 0 Å². The van der Waals surface area contributed by atoms with Crippen molar-refractivity contribution >= 4 is 35.0 Å². The van der Waals surface area contributed by atoms with Crippen molar-refractivity contribution < 1.29 is 24.2 Å². The summed E-state index contributed by atoms with van der Waals surface area (Å²) in [5.74, 6) is -0.935. The van der Waals surface area contributed by atoms with Crippen LogP contribution in [0.1, 0.15) is 30.5 Å². The number of ether oxygens (including phenoxy) is 1. The minimum Gasteiger partial charge on any atom is -0.507 e. The molecule has 1 heterocycles. The molecule has 0 spiro atoms. The van der Waals surface area contributed by atoms with Gasteiger partial charge in [-0.05, 0) is 74.4 Å². The van der Waals surface area contributed by atoms with Gasteiger partial charge in [-0.2, -0.15) is 0 Å². The van der Waals surface area contributed by atoms with Gasteiger partial charge in [-0.15, -0.1) is 0 Å². The van der Waals surface area contributed by atoms with Crippen LogP contribution in [0.2, 0.25) is 0 Å². The number of benzene rings is 1. The summed E-state index contributed by atoms with van der Waals surface area (Å²) in [5, 5.41) is 9.29. The van der Waals surface area contributed by atoms with Gasteiger partial charge in [0, 0.05) is 0 Å². The maximum atomic E-state index is 12.3. The maximum absolute atomic E-state index is 12.3. The van der Waals surface area contributed by atoms with E-state index in [0.29, 0.717) is 16.7 Å². The second-order valence-electron chi connectivity index (χ2n) is 5.81. The highest BCUT2D eigenvalue weighted by Gasteiger charge is 2.36. The van der Waals surface area contributed by atoms with E-state index in [1.807, 2.05) is 0 Å². The number of thioether (sulfide) groups is 1. The van der Waals surface area contributed by atoms with Gasteiger partial charge in [0.2, 0.25) is 0 Å². The average Bonchev–Trinajstić information content (AvgIpc) is 2.71. The Morgan fingerprint density at radius 2 is 1.88 bits per heavy atom. The first-order valence-electron chi connectivity index (χ1n) is 7.44. The first-order valence-corrected chi connectivity index (χ1v) is 8.25. The Labute approximate surface area is 144 Å². The molecule has 1 aromatic rings. The third-order valence-electron chi connectivity index (χ3n) is 3.34. The number of rotatable bonds is 4. The Kier molecular flexibility index (Phi) is 5.33. The normalized spacial score (nSPS) is 16.4. The van der Waals surface area contributed by atoms with E-state index >= 15 is 0 Å². The van der Waals surface area contributed by atoms with Crippen LogP contribution in [0.5, 0.6) is 5.75 Å². The number of hydrogen-bond donors (Lipinski definition) is 1. The SMILES string of the molecule is Cc1cc(C=C2SC(=O)N(CC(=O)OC(C)C)C2=O)cc(C)c1O. The second kappa shape index (κ2) is 7.09. The fourth-order valence-corrected chi connectivity index (χ4v) is 3.13. The molecule has 0 aromatic heterocycles. The molecular formula is C17H19NO5S. The Morgan fingerprint density at radius 1 is 1.29 bits per heavy atom. The van der Waals surface area contributed by atoms with E-state index in [2.05, 4.69) is 0 Å². The lowest BCUT2D eigenvalue weighted by molar-refractivity contribution is -0.149. The van der Waals surface area contributed by atoms with Crippen molar-refractivity contribution in [3.8, 4) is 5.75 Å². The van der Waals surface area contributed by atoms with Crippen LogP contribution in [-0.4, -0.2) is 39.8 Å². The van der Waals surface area contributed by atoms with E-state index in [-0.39, 0.29) is 16.8 Å². The number of carbonyl (C=O) groups is 3. The molecule has 1 aliphatic rings. The number of carbonyl (C=O) groups excluding carboxylic acids is 3. The van der Waals surface area contributed by atoms with E-state index in [1.165, 1.54) is 0 Å². The topological polar surface area (TPSA) is 83.9 Å². The summed E-state index contributed by atoms with van der Waals surface area (Å²) < 4.78 is 4.97. The summed E-state index contributed by atoms with van der Waals surface area (Å²) in [5.41, 5.74) is 2.07. The van der Waals surface area contributed by atoms with Gasteiger partial charge in [0.1, 0.15) is 12.3 Å². The fraction of sp³-hybridized carbons (Fsp3) is 0.353. The summed E-state index contributed by atoms with van der Waals surface area (Å²) in [6.45, 7) is 6.51. The molecule has 0 unspecified atom stereocenters. The van der Waals surface area contributed by atoms with E-state index in [4.69, 9.17) is 4.74 Å². The Hall–Kier alpha value is -2.28. The zero-order valence-electron chi connectivity index (χ0n) is 14.0. The van der Waals surface area contributed by atoms with Crippen LogP contribution in [0.4, 0.5) is 4.79 Å². The first-order chi connectivity index (χ1) is 11.2. The number of imide groups is 1. The zero-order chi connectivity index (χ0) is 18.0. The molecule has 6 nitrogen and oxygen atoms in total. The van der Waals surface area contributed by atoms with Crippen LogP contribution < -0.4 is 0 Å². The van der Waals surface area contributed by atoms with Crippen LogP contribution in [0, 0.1) is 13.8 Å². The standard InChI is InChI=1S/C17H19NO5S/c1-9(2)23-14(19)8-18-16(21)13(24-17(18)22)7-12-5-10(3)15(20)11(4)6-12/h5-7,9,20H,8H2,1-4H3. The van der Waals surface area contributed by atoms with E-state index < -0.39 is 23.7 Å². The van der Waals surface area contributed by atoms with Gasteiger partial charge in [-0.25, -0.2) is 0 Å². The molecule has 0 atom stereocenters. The van der Waals surface area contributed by atoms with Gasteiger partial charge in [0.05, 0.1) is 11.0 Å². The zero-order valence-corrected chi connectivity index (χ0v) is 14.8. The van der Waals surface area contributed by atoms with Crippen LogP contribution >= 0.6 is 11.8 Å². The molecule has 1 aromatic carbocycles. The molecule has 1 saturated heterocycles. The quantitative estimate of drug-likeness (QED) is 0.664. The van der Waals surface area contributed by atoms with E-state index in [1.54, 1.807) is 45.9 Å². The van der Waals surface area contributed by atoms with Crippen molar-refractivity contribution in [2.75, 3.05) is 6.54 Å². The molecule has 7 heteroatoms. The van der Waals surface area contributed by atoms with E-state index in [9.17, 15) is 19.5 Å². The molecule has 0 aliphatic carbocycles. The molecule has 0 saturated carbocycles. The lowest BCUT2D eigenvalue weighted by atomic mass is 10.1. The highest BCUT2D eigenvalue weighted by Crippen LogP contribution is 2.33. The summed E-state index contributed by atoms with van der Waals surface area (Å²) >= 11 is 0.782. The predicted molar refractivity (Wildman–Crippen MR) is 91.5 cm³/mol.